The van der Waals surface area contributed by atoms with Gasteiger partial charge >= 0.3 is 6.16 Å². The Bertz CT molecular complexity index is 976. The molecule has 0 aliphatic heterocycles. The summed E-state index contributed by atoms with van der Waals surface area (Å²) >= 11 is 6.17. The molecule has 2 N–H and O–H groups in total. The highest BCUT2D eigenvalue weighted by atomic mass is 35.5. The molecule has 0 spiro atoms. The summed E-state index contributed by atoms with van der Waals surface area (Å²) in [6.07, 6.45) is 0.206. The second-order valence-electron chi connectivity index (χ2n) is 5.34. The lowest BCUT2D eigenvalue weighted by molar-refractivity contribution is 0.144. The summed E-state index contributed by atoms with van der Waals surface area (Å²) < 4.78 is 5.80. The van der Waals surface area contributed by atoms with Crippen LogP contribution < -0.4 is 10.3 Å². The van der Waals surface area contributed by atoms with Gasteiger partial charge in [-0.05, 0) is 30.7 Å². The lowest BCUT2D eigenvalue weighted by Crippen LogP contribution is -2.18. The molecule has 0 aliphatic rings. The number of hydrogen-bond acceptors (Lipinski definition) is 4. The maximum atomic E-state index is 12.7. The van der Waals surface area contributed by atoms with Gasteiger partial charge in [-0.25, -0.2) is 14.5 Å². The number of nitrogens with one attached hydrogen (secondary N) is 1. The van der Waals surface area contributed by atoms with Crippen molar-refractivity contribution in [3.63, 3.8) is 0 Å². The number of aromatic nitrogens is 3. The number of carbonyl (C=O) groups is 1. The van der Waals surface area contributed by atoms with Crippen molar-refractivity contribution in [1.29, 1.82) is 0 Å². The SMILES string of the molecule is Cc1[nH]n(-c2ccc(OC(=O)O)cn2)c(=O)c1Cc1ccccc1Cl. The van der Waals surface area contributed by atoms with Crippen LogP contribution in [0.1, 0.15) is 16.8 Å². The van der Waals surface area contributed by atoms with Crippen LogP contribution in [0.25, 0.3) is 5.82 Å². The van der Waals surface area contributed by atoms with Gasteiger partial charge < -0.3 is 9.84 Å². The Morgan fingerprint density at radius 1 is 1.32 bits per heavy atom. The Hall–Kier alpha value is -3.06. The first-order chi connectivity index (χ1) is 12.0. The molecular weight excluding hydrogens is 346 g/mol. The smallest absolute Gasteiger partial charge is 0.449 e. The van der Waals surface area contributed by atoms with Crippen LogP contribution >= 0.6 is 11.6 Å². The average molecular weight is 360 g/mol. The molecule has 8 heteroatoms. The van der Waals surface area contributed by atoms with Crippen molar-refractivity contribution in [2.75, 3.05) is 0 Å². The highest BCUT2D eigenvalue weighted by molar-refractivity contribution is 6.31. The highest BCUT2D eigenvalue weighted by Gasteiger charge is 2.15. The van der Waals surface area contributed by atoms with Crippen LogP contribution in [0.4, 0.5) is 4.79 Å². The largest absolute Gasteiger partial charge is 0.511 e. The second-order valence-corrected chi connectivity index (χ2v) is 5.75. The highest BCUT2D eigenvalue weighted by Crippen LogP contribution is 2.19. The minimum atomic E-state index is -1.43. The van der Waals surface area contributed by atoms with E-state index in [2.05, 4.69) is 14.8 Å². The van der Waals surface area contributed by atoms with Gasteiger partial charge in [-0.3, -0.25) is 9.89 Å². The van der Waals surface area contributed by atoms with Gasteiger partial charge in [0, 0.05) is 22.7 Å². The van der Waals surface area contributed by atoms with Crippen molar-refractivity contribution in [3.05, 3.63) is 74.8 Å². The first kappa shape index (κ1) is 16.8. The average Bonchev–Trinajstić information content (AvgIpc) is 2.85. The Morgan fingerprint density at radius 2 is 2.08 bits per heavy atom. The molecule has 0 radical (unpaired) electrons. The molecule has 0 fully saturated rings. The van der Waals surface area contributed by atoms with Gasteiger partial charge in [-0.15, -0.1) is 0 Å². The van der Waals surface area contributed by atoms with E-state index in [0.717, 1.165) is 5.56 Å². The number of nitrogens with zero attached hydrogens (tertiary/aromatic N) is 2. The maximum absolute atomic E-state index is 12.7. The number of hydrogen-bond donors (Lipinski definition) is 2. The van der Waals surface area contributed by atoms with Gasteiger partial charge in [0.15, 0.2) is 11.6 Å². The molecule has 0 unspecified atom stereocenters. The summed E-state index contributed by atoms with van der Waals surface area (Å²) in [6, 6.07) is 10.3. The fourth-order valence-electron chi connectivity index (χ4n) is 2.45. The summed E-state index contributed by atoms with van der Waals surface area (Å²) in [5, 5.41) is 12.1. The monoisotopic (exact) mass is 359 g/mol. The van der Waals surface area contributed by atoms with Crippen molar-refractivity contribution in [2.45, 2.75) is 13.3 Å². The van der Waals surface area contributed by atoms with E-state index in [9.17, 15) is 9.59 Å². The number of aromatic amines is 1. The fourth-order valence-corrected chi connectivity index (χ4v) is 2.65. The minimum absolute atomic E-state index is 0.0730. The normalized spacial score (nSPS) is 10.6. The molecular formula is C17H14ClN3O4. The predicted octanol–water partition coefficient (Wildman–Crippen LogP) is 3.17. The maximum Gasteiger partial charge on any atom is 0.511 e. The van der Waals surface area contributed by atoms with Crippen LogP contribution in [0.2, 0.25) is 5.02 Å². The van der Waals surface area contributed by atoms with E-state index in [1.54, 1.807) is 13.0 Å². The van der Waals surface area contributed by atoms with E-state index in [4.69, 9.17) is 16.7 Å². The summed E-state index contributed by atoms with van der Waals surface area (Å²) in [4.78, 5) is 27.3. The van der Waals surface area contributed by atoms with Crippen molar-refractivity contribution < 1.29 is 14.6 Å². The Labute approximate surface area is 147 Å². The number of H-pyrrole nitrogens is 1. The number of pyridine rings is 1. The van der Waals surface area contributed by atoms with Crippen LogP contribution in [0.5, 0.6) is 5.75 Å². The molecule has 25 heavy (non-hydrogen) atoms. The van der Waals surface area contributed by atoms with Gasteiger partial charge in [-0.2, -0.15) is 0 Å². The zero-order valence-corrected chi connectivity index (χ0v) is 13.9. The van der Waals surface area contributed by atoms with Crippen LogP contribution in [-0.4, -0.2) is 26.0 Å². The van der Waals surface area contributed by atoms with Crippen LogP contribution in [0.3, 0.4) is 0 Å². The molecule has 1 aromatic carbocycles. The third-order valence-corrected chi connectivity index (χ3v) is 4.04. The van der Waals surface area contributed by atoms with E-state index in [-0.39, 0.29) is 11.3 Å². The van der Waals surface area contributed by atoms with E-state index in [0.29, 0.717) is 28.5 Å². The predicted molar refractivity (Wildman–Crippen MR) is 91.8 cm³/mol. The van der Waals surface area contributed by atoms with Gasteiger partial charge in [0.2, 0.25) is 0 Å². The molecule has 2 heterocycles. The first-order valence-corrected chi connectivity index (χ1v) is 7.74. The molecule has 0 saturated carbocycles. The third kappa shape index (κ3) is 3.56. The molecule has 128 valence electrons. The molecule has 0 aliphatic carbocycles. The molecule has 0 bridgehead atoms. The zero-order valence-electron chi connectivity index (χ0n) is 13.2. The molecule has 2 aromatic heterocycles. The van der Waals surface area contributed by atoms with Crippen molar-refractivity contribution in [1.82, 2.24) is 14.8 Å². The zero-order chi connectivity index (χ0) is 18.0. The van der Waals surface area contributed by atoms with Gasteiger partial charge in [0.05, 0.1) is 6.20 Å². The molecule has 0 saturated heterocycles. The number of benzene rings is 1. The topological polar surface area (TPSA) is 97.2 Å². The number of carboxylic acid groups (broad SMARTS) is 1. The molecule has 3 aromatic rings. The molecule has 7 nitrogen and oxygen atoms in total. The summed E-state index contributed by atoms with van der Waals surface area (Å²) in [7, 11) is 0. The van der Waals surface area contributed by atoms with Crippen LogP contribution in [0.15, 0.2) is 47.4 Å². The molecule has 3 rings (SSSR count). The van der Waals surface area contributed by atoms with Crippen molar-refractivity contribution in [2.24, 2.45) is 0 Å². The number of halogens is 1. The van der Waals surface area contributed by atoms with E-state index in [1.807, 2.05) is 18.2 Å². The van der Waals surface area contributed by atoms with Gasteiger partial charge in [0.25, 0.3) is 5.56 Å². The Morgan fingerprint density at radius 3 is 2.72 bits per heavy atom. The fraction of sp³-hybridized carbons (Fsp3) is 0.118. The Kier molecular flexibility index (Phi) is 4.58. The second kappa shape index (κ2) is 6.82. The lowest BCUT2D eigenvalue weighted by Gasteiger charge is -2.03. The summed E-state index contributed by atoms with van der Waals surface area (Å²) in [5.74, 6) is 0.403. The van der Waals surface area contributed by atoms with Crippen molar-refractivity contribution >= 4 is 17.8 Å². The molecule has 0 atom stereocenters. The van der Waals surface area contributed by atoms with Gasteiger partial charge in [-0.1, -0.05) is 29.8 Å². The van der Waals surface area contributed by atoms with Crippen molar-refractivity contribution in [3.8, 4) is 11.6 Å². The van der Waals surface area contributed by atoms with E-state index >= 15 is 0 Å². The lowest BCUT2D eigenvalue weighted by atomic mass is 10.1. The first-order valence-electron chi connectivity index (χ1n) is 7.37. The summed E-state index contributed by atoms with van der Waals surface area (Å²) in [6.45, 7) is 1.80. The number of rotatable bonds is 4. The number of ether oxygens (including phenoxy) is 1. The van der Waals surface area contributed by atoms with Crippen LogP contribution in [0, 0.1) is 6.92 Å². The minimum Gasteiger partial charge on any atom is -0.449 e. The molecule has 0 amide bonds. The van der Waals surface area contributed by atoms with Gasteiger partial charge in [0.1, 0.15) is 0 Å². The standard InChI is InChI=1S/C17H14ClN3O4/c1-10-13(8-11-4-2-3-5-14(11)18)16(22)21(20-10)15-7-6-12(9-19-15)25-17(23)24/h2-7,9,20H,8H2,1H3,(H,23,24). The van der Waals surface area contributed by atoms with Crippen LogP contribution in [-0.2, 0) is 6.42 Å². The van der Waals surface area contributed by atoms with E-state index < -0.39 is 6.16 Å². The third-order valence-electron chi connectivity index (χ3n) is 3.67. The van der Waals surface area contributed by atoms with E-state index in [1.165, 1.54) is 23.0 Å². The Balaban J connectivity index is 1.93. The quantitative estimate of drug-likeness (QED) is 0.697. The summed E-state index contributed by atoms with van der Waals surface area (Å²) in [5.41, 5.74) is 1.91. The number of aryl methyl sites for hydroxylation is 1.